The van der Waals surface area contributed by atoms with E-state index in [0.29, 0.717) is 37.3 Å². The largest absolute Gasteiger partial charge is 0.354 e. The third kappa shape index (κ3) is 2.87. The summed E-state index contributed by atoms with van der Waals surface area (Å²) in [7, 11) is 1.79. The summed E-state index contributed by atoms with van der Waals surface area (Å²) in [5, 5.41) is 15.5. The van der Waals surface area contributed by atoms with Crippen molar-refractivity contribution in [2.75, 3.05) is 24.5 Å². The van der Waals surface area contributed by atoms with E-state index in [1.165, 1.54) is 6.33 Å². The van der Waals surface area contributed by atoms with Crippen molar-refractivity contribution in [3.63, 3.8) is 0 Å². The van der Waals surface area contributed by atoms with Gasteiger partial charge in [0.05, 0.1) is 18.2 Å². The normalized spacial score (nSPS) is 14.7. The molecule has 0 bridgehead atoms. The number of nitrogens with one attached hydrogen (secondary N) is 1. The summed E-state index contributed by atoms with van der Waals surface area (Å²) in [6.07, 6.45) is 1.50. The lowest BCUT2D eigenvalue weighted by atomic mass is 9.99. The molecule has 1 aliphatic rings. The van der Waals surface area contributed by atoms with Crippen LogP contribution in [0.1, 0.15) is 11.4 Å². The Labute approximate surface area is 150 Å². The molecular weight excluding hydrogens is 334 g/mol. The van der Waals surface area contributed by atoms with Crippen LogP contribution in [0.25, 0.3) is 11.2 Å². The van der Waals surface area contributed by atoms with Crippen LogP contribution in [0.2, 0.25) is 0 Å². The number of hydrogen-bond acceptors (Lipinski definition) is 7. The molecule has 0 aromatic carbocycles. The second-order valence-electron chi connectivity index (χ2n) is 6.63. The van der Waals surface area contributed by atoms with Gasteiger partial charge in [0.15, 0.2) is 17.0 Å². The van der Waals surface area contributed by atoms with Crippen molar-refractivity contribution < 1.29 is 4.79 Å². The molecule has 4 heterocycles. The molecule has 0 atom stereocenters. The fourth-order valence-electron chi connectivity index (χ4n) is 3.22. The van der Waals surface area contributed by atoms with Gasteiger partial charge in [-0.15, -0.1) is 5.10 Å². The van der Waals surface area contributed by atoms with Crippen LogP contribution in [0.4, 0.5) is 5.82 Å². The Balaban J connectivity index is 1.31. The predicted molar refractivity (Wildman–Crippen MR) is 94.5 cm³/mol. The van der Waals surface area contributed by atoms with Crippen LogP contribution in [0.15, 0.2) is 12.4 Å². The van der Waals surface area contributed by atoms with Crippen molar-refractivity contribution >= 4 is 22.9 Å². The van der Waals surface area contributed by atoms with Gasteiger partial charge in [-0.25, -0.2) is 14.6 Å². The minimum atomic E-state index is -0.0443. The summed E-state index contributed by atoms with van der Waals surface area (Å²) in [6.45, 7) is 6.46. The summed E-state index contributed by atoms with van der Waals surface area (Å²) in [4.78, 5) is 22.8. The van der Waals surface area contributed by atoms with Crippen LogP contribution < -0.4 is 10.2 Å². The number of carbonyl (C=O) groups is 1. The molecular formula is C16H21N9O. The van der Waals surface area contributed by atoms with Gasteiger partial charge < -0.3 is 10.2 Å². The number of fused-ring (bicyclic) bond motifs is 1. The molecule has 0 aliphatic carbocycles. The molecule has 0 saturated carbocycles. The lowest BCUT2D eigenvalue weighted by molar-refractivity contribution is -0.125. The number of carbonyl (C=O) groups excluding carboxylic acids is 1. The predicted octanol–water partition coefficient (Wildman–Crippen LogP) is -0.176. The molecule has 1 amide bonds. The molecule has 1 N–H and O–H groups in total. The van der Waals surface area contributed by atoms with Gasteiger partial charge in [-0.1, -0.05) is 5.21 Å². The second-order valence-corrected chi connectivity index (χ2v) is 6.63. The average Bonchev–Trinajstić information content (AvgIpc) is 3.09. The van der Waals surface area contributed by atoms with Gasteiger partial charge in [-0.3, -0.25) is 9.48 Å². The lowest BCUT2D eigenvalue weighted by Gasteiger charge is -2.38. The van der Waals surface area contributed by atoms with Crippen molar-refractivity contribution in [3.8, 4) is 0 Å². The Bertz CT molecular complexity index is 954. The van der Waals surface area contributed by atoms with E-state index in [9.17, 15) is 4.79 Å². The van der Waals surface area contributed by atoms with Gasteiger partial charge in [0.25, 0.3) is 0 Å². The van der Waals surface area contributed by atoms with Crippen LogP contribution in [-0.2, 0) is 18.4 Å². The minimum Gasteiger partial charge on any atom is -0.354 e. The molecule has 10 nitrogen and oxygen atoms in total. The highest BCUT2D eigenvalue weighted by molar-refractivity contribution is 5.86. The highest BCUT2D eigenvalue weighted by atomic mass is 16.2. The zero-order chi connectivity index (χ0) is 18.3. The molecule has 3 aromatic rings. The summed E-state index contributed by atoms with van der Waals surface area (Å²) < 4.78 is 3.53. The Morgan fingerprint density at radius 3 is 2.85 bits per heavy atom. The number of rotatable bonds is 5. The molecule has 10 heteroatoms. The monoisotopic (exact) mass is 355 g/mol. The van der Waals surface area contributed by atoms with Crippen LogP contribution >= 0.6 is 0 Å². The van der Waals surface area contributed by atoms with Crippen LogP contribution in [0.3, 0.4) is 0 Å². The lowest BCUT2D eigenvalue weighted by Crippen LogP contribution is -2.54. The van der Waals surface area contributed by atoms with E-state index in [-0.39, 0.29) is 11.8 Å². The molecule has 1 saturated heterocycles. The maximum Gasteiger partial charge on any atom is 0.226 e. The number of aromatic nitrogens is 7. The number of hydrogen-bond donors (Lipinski definition) is 1. The number of nitrogens with zero attached hydrogens (tertiary/aromatic N) is 8. The third-order valence-electron chi connectivity index (χ3n) is 4.65. The zero-order valence-electron chi connectivity index (χ0n) is 15.0. The smallest absolute Gasteiger partial charge is 0.226 e. The van der Waals surface area contributed by atoms with Crippen molar-refractivity contribution in [3.05, 3.63) is 23.8 Å². The standard InChI is InChI=1S/C16H21N9O/c1-10-6-11(2)25(21-10)5-4-17-16(26)12-7-24(8-12)15-13-14(18-9-19-15)23(3)22-20-13/h6,9,12H,4-5,7-8H2,1-3H3,(H,17,26). The average molecular weight is 355 g/mol. The molecule has 0 radical (unpaired) electrons. The van der Waals surface area contributed by atoms with Crippen molar-refractivity contribution in [2.24, 2.45) is 13.0 Å². The fourth-order valence-corrected chi connectivity index (χ4v) is 3.22. The molecule has 3 aromatic heterocycles. The van der Waals surface area contributed by atoms with Crippen molar-refractivity contribution in [1.82, 2.24) is 40.1 Å². The third-order valence-corrected chi connectivity index (χ3v) is 4.65. The van der Waals surface area contributed by atoms with E-state index in [2.05, 4.69) is 30.7 Å². The first kappa shape index (κ1) is 16.4. The fraction of sp³-hybridized carbons (Fsp3) is 0.500. The molecule has 26 heavy (non-hydrogen) atoms. The summed E-state index contributed by atoms with van der Waals surface area (Å²) in [5.74, 6) is 0.749. The molecule has 1 aliphatic heterocycles. The number of aryl methyl sites for hydroxylation is 3. The Morgan fingerprint density at radius 1 is 1.31 bits per heavy atom. The highest BCUT2D eigenvalue weighted by Crippen LogP contribution is 2.27. The Hall–Kier alpha value is -3.04. The summed E-state index contributed by atoms with van der Waals surface area (Å²) in [6, 6.07) is 2.03. The number of amides is 1. The quantitative estimate of drug-likeness (QED) is 0.677. The van der Waals surface area contributed by atoms with Crippen molar-refractivity contribution in [1.29, 1.82) is 0 Å². The summed E-state index contributed by atoms with van der Waals surface area (Å²) in [5.41, 5.74) is 3.44. The zero-order valence-corrected chi connectivity index (χ0v) is 15.0. The van der Waals surface area contributed by atoms with Gasteiger partial charge >= 0.3 is 0 Å². The first-order chi connectivity index (χ1) is 12.5. The van der Waals surface area contributed by atoms with E-state index < -0.39 is 0 Å². The van der Waals surface area contributed by atoms with Gasteiger partial charge in [-0.2, -0.15) is 5.10 Å². The maximum atomic E-state index is 12.3. The van der Waals surface area contributed by atoms with Gasteiger partial charge in [0.1, 0.15) is 6.33 Å². The van der Waals surface area contributed by atoms with E-state index in [4.69, 9.17) is 0 Å². The SMILES string of the molecule is Cc1cc(C)n(CCNC(=O)C2CN(c3ncnc4c3nnn4C)C2)n1. The molecule has 1 fully saturated rings. The number of anilines is 1. The first-order valence-corrected chi connectivity index (χ1v) is 8.57. The molecule has 0 spiro atoms. The van der Waals surface area contributed by atoms with Crippen LogP contribution in [0, 0.1) is 19.8 Å². The maximum absolute atomic E-state index is 12.3. The summed E-state index contributed by atoms with van der Waals surface area (Å²) >= 11 is 0. The Morgan fingerprint density at radius 2 is 2.12 bits per heavy atom. The van der Waals surface area contributed by atoms with E-state index in [1.807, 2.05) is 29.5 Å². The second kappa shape index (κ2) is 6.36. The van der Waals surface area contributed by atoms with Gasteiger partial charge in [0.2, 0.25) is 5.91 Å². The van der Waals surface area contributed by atoms with Gasteiger partial charge in [0, 0.05) is 32.4 Å². The Kier molecular flexibility index (Phi) is 4.02. The van der Waals surface area contributed by atoms with E-state index in [1.54, 1.807) is 11.7 Å². The van der Waals surface area contributed by atoms with Crippen LogP contribution in [0.5, 0.6) is 0 Å². The minimum absolute atomic E-state index is 0.0443. The molecule has 0 unspecified atom stereocenters. The van der Waals surface area contributed by atoms with Gasteiger partial charge in [-0.05, 0) is 19.9 Å². The van der Waals surface area contributed by atoms with Crippen LogP contribution in [-0.4, -0.2) is 60.3 Å². The first-order valence-electron chi connectivity index (χ1n) is 8.57. The van der Waals surface area contributed by atoms with Crippen molar-refractivity contribution in [2.45, 2.75) is 20.4 Å². The topological polar surface area (TPSA) is 107 Å². The molecule has 136 valence electrons. The highest BCUT2D eigenvalue weighted by Gasteiger charge is 2.34. The van der Waals surface area contributed by atoms with E-state index >= 15 is 0 Å². The van der Waals surface area contributed by atoms with E-state index in [0.717, 1.165) is 17.2 Å². The molecule has 4 rings (SSSR count).